The van der Waals surface area contributed by atoms with E-state index in [-0.39, 0.29) is 17.5 Å². The maximum absolute atomic E-state index is 13.0. The number of phenols is 1. The predicted octanol–water partition coefficient (Wildman–Crippen LogP) is 6.40. The highest BCUT2D eigenvalue weighted by Crippen LogP contribution is 2.24. The minimum absolute atomic E-state index is 0.0338. The van der Waals surface area contributed by atoms with Crippen LogP contribution in [-0.4, -0.2) is 10.9 Å². The first-order chi connectivity index (χ1) is 13.7. The van der Waals surface area contributed by atoms with Crippen LogP contribution in [0.3, 0.4) is 0 Å². The lowest BCUT2D eigenvalue weighted by Gasteiger charge is -2.13. The van der Waals surface area contributed by atoms with E-state index in [0.717, 1.165) is 11.1 Å². The average molecular weight is 368 g/mol. The molecule has 2 heteroatoms. The summed E-state index contributed by atoms with van der Waals surface area (Å²) in [7, 11) is 0. The van der Waals surface area contributed by atoms with Crippen LogP contribution in [0.25, 0.3) is 12.2 Å². The van der Waals surface area contributed by atoms with Crippen LogP contribution in [0.4, 0.5) is 0 Å². The molecule has 0 saturated carbocycles. The van der Waals surface area contributed by atoms with Gasteiger partial charge < -0.3 is 5.11 Å². The molecule has 3 rings (SSSR count). The molecule has 2 nitrogen and oxygen atoms in total. The minimum atomic E-state index is -0.228. The maximum atomic E-state index is 13.0. The van der Waals surface area contributed by atoms with Crippen LogP contribution in [0, 0.1) is 5.92 Å². The van der Waals surface area contributed by atoms with Crippen molar-refractivity contribution in [2.75, 3.05) is 0 Å². The summed E-state index contributed by atoms with van der Waals surface area (Å²) in [4.78, 5) is 13.0. The van der Waals surface area contributed by atoms with E-state index in [9.17, 15) is 9.90 Å². The highest BCUT2D eigenvalue weighted by molar-refractivity contribution is 6.00. The van der Waals surface area contributed by atoms with Gasteiger partial charge in [0, 0.05) is 5.92 Å². The lowest BCUT2D eigenvalue weighted by molar-refractivity contribution is 0.0919. The van der Waals surface area contributed by atoms with Gasteiger partial charge in [-0.25, -0.2) is 0 Å². The number of rotatable bonds is 8. The number of Topliss-reactive ketones (excluding diaryl/α,β-unsaturated/α-hetero) is 1. The molecule has 1 N–H and O–H groups in total. The molecular weight excluding hydrogens is 344 g/mol. The van der Waals surface area contributed by atoms with E-state index in [1.807, 2.05) is 85.0 Å². The lowest BCUT2D eigenvalue weighted by Crippen LogP contribution is -2.13. The van der Waals surface area contributed by atoms with Crippen LogP contribution < -0.4 is 0 Å². The van der Waals surface area contributed by atoms with Crippen LogP contribution in [0.1, 0.15) is 34.3 Å². The van der Waals surface area contributed by atoms with Crippen molar-refractivity contribution < 1.29 is 9.90 Å². The van der Waals surface area contributed by atoms with Gasteiger partial charge in [0.05, 0.1) is 5.56 Å². The van der Waals surface area contributed by atoms with Gasteiger partial charge in [-0.15, -0.1) is 0 Å². The fourth-order valence-corrected chi connectivity index (χ4v) is 3.08. The second-order valence-electron chi connectivity index (χ2n) is 6.68. The number of carbonyl (C=O) groups excluding carboxylic acids is 1. The van der Waals surface area contributed by atoms with E-state index in [1.54, 1.807) is 24.3 Å². The maximum Gasteiger partial charge on any atom is 0.170 e. The first-order valence-electron chi connectivity index (χ1n) is 9.49. The quantitative estimate of drug-likeness (QED) is 0.467. The van der Waals surface area contributed by atoms with Crippen molar-refractivity contribution in [1.82, 2.24) is 0 Å². The second-order valence-corrected chi connectivity index (χ2v) is 6.68. The summed E-state index contributed by atoms with van der Waals surface area (Å²) in [6.07, 6.45) is 9.36. The van der Waals surface area contributed by atoms with Crippen molar-refractivity contribution >= 4 is 17.9 Å². The van der Waals surface area contributed by atoms with E-state index < -0.39 is 0 Å². The number of benzene rings is 3. The topological polar surface area (TPSA) is 37.3 Å². The normalized spacial score (nSPS) is 11.5. The molecule has 0 heterocycles. The summed E-state index contributed by atoms with van der Waals surface area (Å²) >= 11 is 0. The van der Waals surface area contributed by atoms with E-state index in [4.69, 9.17) is 0 Å². The van der Waals surface area contributed by atoms with Gasteiger partial charge in [-0.3, -0.25) is 4.79 Å². The highest BCUT2D eigenvalue weighted by Gasteiger charge is 2.20. The summed E-state index contributed by atoms with van der Waals surface area (Å²) in [5, 5.41) is 10.1. The third-order valence-electron chi connectivity index (χ3n) is 4.60. The molecule has 0 fully saturated rings. The fraction of sp³-hybridized carbons (Fsp3) is 0.115. The molecule has 0 aliphatic carbocycles. The van der Waals surface area contributed by atoms with Crippen LogP contribution in [0.2, 0.25) is 0 Å². The van der Waals surface area contributed by atoms with Crippen molar-refractivity contribution in [1.29, 1.82) is 0 Å². The monoisotopic (exact) mass is 368 g/mol. The number of hydrogen-bond acceptors (Lipinski definition) is 2. The molecule has 3 aromatic carbocycles. The molecule has 3 aromatic rings. The Balaban J connectivity index is 1.75. The summed E-state index contributed by atoms with van der Waals surface area (Å²) < 4.78 is 0. The Kier molecular flexibility index (Phi) is 6.97. The largest absolute Gasteiger partial charge is 0.507 e. The average Bonchev–Trinajstić information content (AvgIpc) is 2.74. The van der Waals surface area contributed by atoms with Crippen molar-refractivity contribution in [2.45, 2.75) is 12.8 Å². The highest BCUT2D eigenvalue weighted by atomic mass is 16.3. The Morgan fingerprint density at radius 2 is 1.18 bits per heavy atom. The Morgan fingerprint density at radius 3 is 1.68 bits per heavy atom. The third-order valence-corrected chi connectivity index (χ3v) is 4.60. The molecular formula is C26H24O2. The summed E-state index contributed by atoms with van der Waals surface area (Å²) in [5.74, 6) is -0.224. The fourth-order valence-electron chi connectivity index (χ4n) is 3.08. The number of carbonyl (C=O) groups is 1. The molecule has 28 heavy (non-hydrogen) atoms. The van der Waals surface area contributed by atoms with Crippen LogP contribution >= 0.6 is 0 Å². The molecule has 0 atom stereocenters. The zero-order valence-electron chi connectivity index (χ0n) is 15.7. The van der Waals surface area contributed by atoms with Gasteiger partial charge in [-0.1, -0.05) is 97.1 Å². The summed E-state index contributed by atoms with van der Waals surface area (Å²) in [6.45, 7) is 0. The Morgan fingerprint density at radius 1 is 0.714 bits per heavy atom. The van der Waals surface area contributed by atoms with E-state index in [1.165, 1.54) is 0 Å². The number of para-hydroxylation sites is 1. The van der Waals surface area contributed by atoms with Gasteiger partial charge in [-0.2, -0.15) is 0 Å². The van der Waals surface area contributed by atoms with E-state index in [0.29, 0.717) is 18.4 Å². The van der Waals surface area contributed by atoms with Crippen LogP contribution in [0.5, 0.6) is 5.75 Å². The first kappa shape index (κ1) is 19.4. The number of allylic oxidation sites excluding steroid dienone is 2. The summed E-state index contributed by atoms with van der Waals surface area (Å²) in [6, 6.07) is 26.8. The van der Waals surface area contributed by atoms with Gasteiger partial charge in [-0.05, 0) is 36.1 Å². The number of phenolic OH excluding ortho intramolecular Hbond substituents is 1. The summed E-state index contributed by atoms with van der Waals surface area (Å²) in [5.41, 5.74) is 2.60. The predicted molar refractivity (Wildman–Crippen MR) is 116 cm³/mol. The molecule has 0 saturated heterocycles. The molecule has 0 aromatic heterocycles. The van der Waals surface area contributed by atoms with E-state index >= 15 is 0 Å². The van der Waals surface area contributed by atoms with Gasteiger partial charge in [0.1, 0.15) is 5.75 Å². The van der Waals surface area contributed by atoms with Gasteiger partial charge in [0.2, 0.25) is 0 Å². The number of ketones is 1. The first-order valence-corrected chi connectivity index (χ1v) is 9.49. The number of hydrogen-bond donors (Lipinski definition) is 1. The van der Waals surface area contributed by atoms with Gasteiger partial charge >= 0.3 is 0 Å². The van der Waals surface area contributed by atoms with Crippen molar-refractivity contribution in [3.63, 3.8) is 0 Å². The second kappa shape index (κ2) is 10.1. The van der Waals surface area contributed by atoms with Gasteiger partial charge in [0.15, 0.2) is 5.78 Å². The molecule has 0 bridgehead atoms. The Hall–Kier alpha value is -3.39. The zero-order valence-corrected chi connectivity index (χ0v) is 15.7. The number of aromatic hydroxyl groups is 1. The third kappa shape index (κ3) is 5.55. The Labute approximate surface area is 166 Å². The van der Waals surface area contributed by atoms with Crippen molar-refractivity contribution in [2.24, 2.45) is 5.92 Å². The molecule has 140 valence electrons. The van der Waals surface area contributed by atoms with E-state index in [2.05, 4.69) is 0 Å². The zero-order chi connectivity index (χ0) is 19.6. The Bertz CT molecular complexity index is 889. The molecule has 0 radical (unpaired) electrons. The molecule has 0 amide bonds. The molecule has 0 unspecified atom stereocenters. The smallest absolute Gasteiger partial charge is 0.170 e. The molecule has 0 spiro atoms. The molecule has 0 aliphatic rings. The SMILES string of the molecule is O=C(c1ccccc1O)C(C/C=C/c1ccccc1)C/C=C/c1ccccc1. The minimum Gasteiger partial charge on any atom is -0.507 e. The van der Waals surface area contributed by atoms with Crippen molar-refractivity contribution in [3.05, 3.63) is 114 Å². The molecule has 0 aliphatic heterocycles. The lowest BCUT2D eigenvalue weighted by atomic mass is 9.90. The van der Waals surface area contributed by atoms with Crippen molar-refractivity contribution in [3.8, 4) is 5.75 Å². The standard InChI is InChI=1S/C26H24O2/c27-25-20-8-7-19-24(25)26(28)23(17-9-15-21-11-3-1-4-12-21)18-10-16-22-13-5-2-6-14-22/h1-16,19-20,23,27H,17-18H2/b15-9+,16-10+. The van der Waals surface area contributed by atoms with Gasteiger partial charge in [0.25, 0.3) is 0 Å². The van der Waals surface area contributed by atoms with Crippen LogP contribution in [-0.2, 0) is 0 Å². The van der Waals surface area contributed by atoms with Crippen LogP contribution in [0.15, 0.2) is 97.1 Å².